The van der Waals surface area contributed by atoms with Gasteiger partial charge in [-0.05, 0) is 63.0 Å². The van der Waals surface area contributed by atoms with Gasteiger partial charge in [-0.1, -0.05) is 146 Å². The van der Waals surface area contributed by atoms with Crippen LogP contribution in [0.2, 0.25) is 0 Å². The summed E-state index contributed by atoms with van der Waals surface area (Å²) in [7, 11) is 0. The Balaban J connectivity index is 1.19. The van der Waals surface area contributed by atoms with Crippen molar-refractivity contribution in [3.05, 3.63) is 176 Å². The van der Waals surface area contributed by atoms with Gasteiger partial charge in [0.2, 0.25) is 0 Å². The van der Waals surface area contributed by atoms with Gasteiger partial charge in [0.05, 0.1) is 21.3 Å². The third kappa shape index (κ3) is 4.41. The molecule has 9 aromatic carbocycles. The highest BCUT2D eigenvalue weighted by molar-refractivity contribution is 7.27. The fourth-order valence-electron chi connectivity index (χ4n) is 9.32. The summed E-state index contributed by atoms with van der Waals surface area (Å²) in [5.74, 6) is 1.62. The lowest BCUT2D eigenvalue weighted by molar-refractivity contribution is 1.08. The molecule has 3 nitrogen and oxygen atoms in total. The molecular formula is C52H29N3S2. The van der Waals surface area contributed by atoms with E-state index in [1.807, 2.05) is 11.3 Å². The van der Waals surface area contributed by atoms with Crippen LogP contribution < -0.4 is 0 Å². The van der Waals surface area contributed by atoms with Crippen LogP contribution in [0.15, 0.2) is 176 Å². The number of aromatic nitrogens is 3. The van der Waals surface area contributed by atoms with Crippen LogP contribution in [0.3, 0.4) is 0 Å². The Morgan fingerprint density at radius 1 is 0.368 bits per heavy atom. The molecular weight excluding hydrogens is 731 g/mol. The minimum Gasteiger partial charge on any atom is -0.292 e. The molecule has 0 aliphatic heterocycles. The Morgan fingerprint density at radius 2 is 1.05 bits per heavy atom. The summed E-state index contributed by atoms with van der Waals surface area (Å²) in [4.78, 5) is 11.1. The van der Waals surface area contributed by atoms with Crippen molar-refractivity contribution >= 4 is 117 Å². The van der Waals surface area contributed by atoms with Crippen LogP contribution >= 0.6 is 22.7 Å². The molecule has 5 heteroatoms. The van der Waals surface area contributed by atoms with Gasteiger partial charge in [-0.15, -0.1) is 22.7 Å². The fourth-order valence-corrected chi connectivity index (χ4v) is 11.7. The first-order chi connectivity index (χ1) is 28.3. The summed E-state index contributed by atoms with van der Waals surface area (Å²) in [6.07, 6.45) is 0. The molecule has 0 aliphatic rings. The van der Waals surface area contributed by atoms with Gasteiger partial charge < -0.3 is 0 Å². The highest BCUT2D eigenvalue weighted by atomic mass is 32.1. The summed E-state index contributed by atoms with van der Waals surface area (Å²) in [6.45, 7) is 0. The van der Waals surface area contributed by atoms with Crippen LogP contribution in [0.4, 0.5) is 0 Å². The van der Waals surface area contributed by atoms with Crippen molar-refractivity contribution in [1.82, 2.24) is 14.5 Å². The van der Waals surface area contributed by atoms with Crippen molar-refractivity contribution < 1.29 is 0 Å². The van der Waals surface area contributed by atoms with Gasteiger partial charge in [-0.2, -0.15) is 0 Å². The summed E-state index contributed by atoms with van der Waals surface area (Å²) in [5.41, 5.74) is 6.56. The second kappa shape index (κ2) is 11.8. The molecule has 0 saturated carbocycles. The van der Waals surface area contributed by atoms with Crippen molar-refractivity contribution in [3.8, 4) is 28.3 Å². The van der Waals surface area contributed by atoms with Crippen molar-refractivity contribution in [2.24, 2.45) is 0 Å². The molecule has 264 valence electrons. The maximum absolute atomic E-state index is 5.61. The van der Waals surface area contributed by atoms with E-state index < -0.39 is 0 Å². The van der Waals surface area contributed by atoms with E-state index in [-0.39, 0.29) is 0 Å². The molecule has 0 bridgehead atoms. The molecule has 0 unspecified atom stereocenters. The predicted octanol–water partition coefficient (Wildman–Crippen LogP) is 15.1. The molecule has 0 atom stereocenters. The summed E-state index contributed by atoms with van der Waals surface area (Å²) in [6, 6.07) is 63.8. The van der Waals surface area contributed by atoms with Gasteiger partial charge in [0, 0.05) is 57.4 Å². The highest BCUT2D eigenvalue weighted by Gasteiger charge is 2.24. The van der Waals surface area contributed by atoms with E-state index in [9.17, 15) is 0 Å². The lowest BCUT2D eigenvalue weighted by Crippen LogP contribution is -2.01. The van der Waals surface area contributed by atoms with Crippen molar-refractivity contribution in [1.29, 1.82) is 0 Å². The van der Waals surface area contributed by atoms with E-state index in [1.54, 1.807) is 11.3 Å². The molecule has 0 amide bonds. The summed E-state index contributed by atoms with van der Waals surface area (Å²) >= 11 is 3.69. The zero-order valence-electron chi connectivity index (χ0n) is 30.4. The van der Waals surface area contributed by atoms with E-state index in [4.69, 9.17) is 9.97 Å². The number of para-hydroxylation sites is 1. The minimum atomic E-state index is 0.715. The molecule has 13 aromatic rings. The number of hydrogen-bond acceptors (Lipinski definition) is 4. The maximum Gasteiger partial charge on any atom is 0.162 e. The lowest BCUT2D eigenvalue weighted by Gasteiger charge is -2.13. The van der Waals surface area contributed by atoms with Crippen LogP contribution in [-0.2, 0) is 0 Å². The molecule has 0 saturated heterocycles. The molecule has 0 aliphatic carbocycles. The monoisotopic (exact) mass is 759 g/mol. The van der Waals surface area contributed by atoms with Crippen molar-refractivity contribution in [3.63, 3.8) is 0 Å². The third-order valence-electron chi connectivity index (χ3n) is 11.8. The van der Waals surface area contributed by atoms with Gasteiger partial charge in [0.15, 0.2) is 11.6 Å². The topological polar surface area (TPSA) is 30.7 Å². The quantitative estimate of drug-likeness (QED) is 0.168. The Kier molecular flexibility index (Phi) is 6.48. The molecule has 57 heavy (non-hydrogen) atoms. The molecule has 0 fully saturated rings. The predicted molar refractivity (Wildman–Crippen MR) is 246 cm³/mol. The number of benzene rings is 9. The smallest absolute Gasteiger partial charge is 0.162 e. The Hall–Kier alpha value is -6.92. The number of thiophene rings is 2. The first kappa shape index (κ1) is 31.3. The number of nitrogens with zero attached hydrogens (tertiary/aromatic N) is 3. The summed E-state index contributed by atoms with van der Waals surface area (Å²) in [5, 5.41) is 13.9. The Bertz CT molecular complexity index is 3820. The largest absolute Gasteiger partial charge is 0.292 e. The average molecular weight is 760 g/mol. The van der Waals surface area contributed by atoms with Crippen molar-refractivity contribution in [2.75, 3.05) is 0 Å². The van der Waals surface area contributed by atoms with E-state index >= 15 is 0 Å². The molecule has 0 spiro atoms. The number of rotatable bonds is 3. The van der Waals surface area contributed by atoms with Gasteiger partial charge in [0.25, 0.3) is 0 Å². The highest BCUT2D eigenvalue weighted by Crippen LogP contribution is 2.49. The van der Waals surface area contributed by atoms with Gasteiger partial charge in [-0.3, -0.25) is 4.57 Å². The number of hydrogen-bond donors (Lipinski definition) is 0. The Labute approximate surface area is 334 Å². The van der Waals surface area contributed by atoms with Crippen molar-refractivity contribution in [2.45, 2.75) is 0 Å². The Morgan fingerprint density at radius 3 is 1.93 bits per heavy atom. The van der Waals surface area contributed by atoms with E-state index in [0.29, 0.717) is 5.82 Å². The van der Waals surface area contributed by atoms with E-state index in [2.05, 4.69) is 180 Å². The van der Waals surface area contributed by atoms with E-state index in [1.165, 1.54) is 78.9 Å². The molecule has 0 N–H and O–H groups in total. The van der Waals surface area contributed by atoms with E-state index in [0.717, 1.165) is 38.2 Å². The zero-order valence-corrected chi connectivity index (χ0v) is 32.0. The maximum atomic E-state index is 5.61. The third-order valence-corrected chi connectivity index (χ3v) is 14.1. The summed E-state index contributed by atoms with van der Waals surface area (Å²) < 4.78 is 7.36. The zero-order chi connectivity index (χ0) is 37.2. The van der Waals surface area contributed by atoms with Crippen LogP contribution in [-0.4, -0.2) is 14.5 Å². The number of fused-ring (bicyclic) bond motifs is 17. The SMILES string of the molecule is c1ccc(-c2cccc(-c3nc(-n4c5ccccc5c5c6c7ccccc7c7c8ccccc8sc7c6ccc54)c4sc5ccc6ccccc6c5c4n3)c2)cc1. The first-order valence-corrected chi connectivity index (χ1v) is 20.9. The van der Waals surface area contributed by atoms with Gasteiger partial charge >= 0.3 is 0 Å². The normalized spacial score (nSPS) is 12.2. The van der Waals surface area contributed by atoms with Crippen LogP contribution in [0.5, 0.6) is 0 Å². The molecule has 0 radical (unpaired) electrons. The minimum absolute atomic E-state index is 0.715. The second-order valence-electron chi connectivity index (χ2n) is 14.8. The van der Waals surface area contributed by atoms with Crippen LogP contribution in [0, 0.1) is 0 Å². The molecule has 4 aromatic heterocycles. The first-order valence-electron chi connectivity index (χ1n) is 19.2. The average Bonchev–Trinajstić information content (AvgIpc) is 3.97. The molecule has 4 heterocycles. The standard InChI is InChI=1S/C52H29N3S2/c1-2-13-30(14-3-1)32-16-12-17-33(29-32)51-53-48-47-34-18-5-4-15-31(34)25-28-43(47)57-50(48)52(54-51)55-40-23-10-8-21-37(40)46-41(55)27-26-39-44(46)35-19-6-7-20-36(35)45-38-22-9-11-24-42(38)56-49(39)45/h1-29H. The van der Waals surface area contributed by atoms with Gasteiger partial charge in [0.1, 0.15) is 0 Å². The second-order valence-corrected chi connectivity index (χ2v) is 16.9. The van der Waals surface area contributed by atoms with Crippen LogP contribution in [0.1, 0.15) is 0 Å². The fraction of sp³-hybridized carbons (Fsp3) is 0. The van der Waals surface area contributed by atoms with Crippen LogP contribution in [0.25, 0.3) is 123 Å². The lowest BCUT2D eigenvalue weighted by atomic mass is 9.94. The molecule has 13 rings (SSSR count). The van der Waals surface area contributed by atoms with Gasteiger partial charge in [-0.25, -0.2) is 9.97 Å².